The van der Waals surface area contributed by atoms with Gasteiger partial charge in [-0.15, -0.1) is 0 Å². The highest BCUT2D eigenvalue weighted by atomic mass is 16.2. The van der Waals surface area contributed by atoms with Crippen molar-refractivity contribution in [2.45, 2.75) is 52.5 Å². The first-order chi connectivity index (χ1) is 13.6. The molecule has 0 unspecified atom stereocenters. The van der Waals surface area contributed by atoms with Crippen LogP contribution in [-0.2, 0) is 0 Å². The summed E-state index contributed by atoms with van der Waals surface area (Å²) in [6, 6.07) is 16.7. The molecule has 0 fully saturated rings. The van der Waals surface area contributed by atoms with Gasteiger partial charge in [0.25, 0.3) is 5.91 Å². The molecule has 146 valence electrons. The maximum Gasteiger partial charge on any atom is 0.270 e. The van der Waals surface area contributed by atoms with Crippen molar-refractivity contribution in [3.63, 3.8) is 0 Å². The van der Waals surface area contributed by atoms with Gasteiger partial charge >= 0.3 is 0 Å². The van der Waals surface area contributed by atoms with Crippen LogP contribution in [0.1, 0.15) is 55.6 Å². The lowest BCUT2D eigenvalue weighted by Gasteiger charge is -2.15. The van der Waals surface area contributed by atoms with Crippen molar-refractivity contribution in [1.29, 1.82) is 0 Å². The standard InChI is InChI=1S/C24H29N3O/c1-4-5-6-10-19(3)26-24(28)23-16-25-17-27(23)21-14-12-20(13-15-21)22-11-8-7-9-18(22)2/h7-9,11-17,19H,4-6,10H2,1-3H3,(H,26,28)/t19-/m1/s1. The third-order valence-electron chi connectivity index (χ3n) is 5.09. The van der Waals surface area contributed by atoms with Crippen LogP contribution < -0.4 is 5.32 Å². The molecule has 0 spiro atoms. The van der Waals surface area contributed by atoms with Crippen LogP contribution in [0.25, 0.3) is 16.8 Å². The Hall–Kier alpha value is -2.88. The molecule has 0 aliphatic carbocycles. The highest BCUT2D eigenvalue weighted by Gasteiger charge is 2.15. The smallest absolute Gasteiger partial charge is 0.270 e. The number of hydrogen-bond acceptors (Lipinski definition) is 2. The maximum absolute atomic E-state index is 12.7. The Labute approximate surface area is 167 Å². The van der Waals surface area contributed by atoms with E-state index in [-0.39, 0.29) is 11.9 Å². The van der Waals surface area contributed by atoms with E-state index in [1.807, 2.05) is 22.8 Å². The average Bonchev–Trinajstić information content (AvgIpc) is 3.19. The van der Waals surface area contributed by atoms with Crippen LogP contribution in [0.15, 0.2) is 61.1 Å². The van der Waals surface area contributed by atoms with Crippen molar-refractivity contribution in [3.8, 4) is 16.8 Å². The van der Waals surface area contributed by atoms with E-state index >= 15 is 0 Å². The third kappa shape index (κ3) is 4.69. The number of nitrogens with zero attached hydrogens (tertiary/aromatic N) is 2. The average molecular weight is 376 g/mol. The fourth-order valence-electron chi connectivity index (χ4n) is 3.44. The number of imidazole rings is 1. The number of aromatic nitrogens is 2. The Bertz CT molecular complexity index is 912. The fraction of sp³-hybridized carbons (Fsp3) is 0.333. The Kier molecular flexibility index (Phi) is 6.64. The minimum absolute atomic E-state index is 0.0792. The lowest BCUT2D eigenvalue weighted by molar-refractivity contribution is 0.0931. The number of aryl methyl sites for hydroxylation is 1. The molecule has 0 saturated carbocycles. The van der Waals surface area contributed by atoms with Gasteiger partial charge < -0.3 is 5.32 Å². The third-order valence-corrected chi connectivity index (χ3v) is 5.09. The number of hydrogen-bond donors (Lipinski definition) is 1. The summed E-state index contributed by atoms with van der Waals surface area (Å²) in [5, 5.41) is 3.10. The molecule has 1 amide bonds. The van der Waals surface area contributed by atoms with Crippen LogP contribution >= 0.6 is 0 Å². The Morgan fingerprint density at radius 2 is 1.86 bits per heavy atom. The summed E-state index contributed by atoms with van der Waals surface area (Å²) in [6.07, 6.45) is 7.84. The second-order valence-electron chi connectivity index (χ2n) is 7.38. The maximum atomic E-state index is 12.7. The van der Waals surface area contributed by atoms with Crippen molar-refractivity contribution in [2.24, 2.45) is 0 Å². The fourth-order valence-corrected chi connectivity index (χ4v) is 3.44. The number of nitrogens with one attached hydrogen (secondary N) is 1. The summed E-state index contributed by atoms with van der Waals surface area (Å²) in [5.41, 5.74) is 5.12. The predicted octanol–water partition coefficient (Wildman–Crippen LogP) is 5.55. The highest BCUT2D eigenvalue weighted by molar-refractivity contribution is 5.93. The first kappa shape index (κ1) is 19.9. The van der Waals surface area contributed by atoms with Crippen LogP contribution in [0, 0.1) is 6.92 Å². The molecule has 3 aromatic rings. The van der Waals surface area contributed by atoms with Gasteiger partial charge in [-0.25, -0.2) is 4.98 Å². The molecule has 1 N–H and O–H groups in total. The van der Waals surface area contributed by atoms with Gasteiger partial charge in [-0.1, -0.05) is 62.6 Å². The van der Waals surface area contributed by atoms with Crippen molar-refractivity contribution >= 4 is 5.91 Å². The molecule has 2 aromatic carbocycles. The molecule has 0 aliphatic rings. The van der Waals surface area contributed by atoms with E-state index in [0.717, 1.165) is 24.1 Å². The van der Waals surface area contributed by atoms with Gasteiger partial charge in [0.15, 0.2) is 0 Å². The lowest BCUT2D eigenvalue weighted by atomic mass is 10.0. The number of carbonyl (C=O) groups excluding carboxylic acids is 1. The zero-order valence-corrected chi connectivity index (χ0v) is 17.0. The van der Waals surface area contributed by atoms with Gasteiger partial charge in [-0.2, -0.15) is 0 Å². The van der Waals surface area contributed by atoms with Crippen LogP contribution in [0.5, 0.6) is 0 Å². The van der Waals surface area contributed by atoms with Crippen molar-refractivity contribution in [2.75, 3.05) is 0 Å². The van der Waals surface area contributed by atoms with Gasteiger partial charge in [-0.3, -0.25) is 9.36 Å². The zero-order valence-electron chi connectivity index (χ0n) is 17.0. The summed E-state index contributed by atoms with van der Waals surface area (Å²) >= 11 is 0. The van der Waals surface area contributed by atoms with Crippen molar-refractivity contribution < 1.29 is 4.79 Å². The van der Waals surface area contributed by atoms with Crippen LogP contribution in [-0.4, -0.2) is 21.5 Å². The molecule has 1 atom stereocenters. The van der Waals surface area contributed by atoms with E-state index in [9.17, 15) is 4.79 Å². The summed E-state index contributed by atoms with van der Waals surface area (Å²) in [4.78, 5) is 16.9. The van der Waals surface area contributed by atoms with E-state index in [1.54, 1.807) is 12.5 Å². The largest absolute Gasteiger partial charge is 0.348 e. The minimum atomic E-state index is -0.0792. The normalized spacial score (nSPS) is 12.0. The Morgan fingerprint density at radius 1 is 1.11 bits per heavy atom. The summed E-state index contributed by atoms with van der Waals surface area (Å²) < 4.78 is 1.84. The predicted molar refractivity (Wildman–Crippen MR) is 115 cm³/mol. The number of carbonyl (C=O) groups is 1. The molecule has 0 radical (unpaired) electrons. The number of rotatable bonds is 8. The molecule has 0 aliphatic heterocycles. The second kappa shape index (κ2) is 9.36. The summed E-state index contributed by atoms with van der Waals surface area (Å²) in [5.74, 6) is -0.0792. The Morgan fingerprint density at radius 3 is 2.57 bits per heavy atom. The molecule has 4 nitrogen and oxygen atoms in total. The van der Waals surface area contributed by atoms with Gasteiger partial charge in [0.2, 0.25) is 0 Å². The molecular formula is C24H29N3O. The topological polar surface area (TPSA) is 46.9 Å². The van der Waals surface area contributed by atoms with E-state index < -0.39 is 0 Å². The van der Waals surface area contributed by atoms with Gasteiger partial charge in [0.05, 0.1) is 12.5 Å². The molecule has 1 heterocycles. The van der Waals surface area contributed by atoms with E-state index in [4.69, 9.17) is 0 Å². The minimum Gasteiger partial charge on any atom is -0.348 e. The first-order valence-corrected chi connectivity index (χ1v) is 10.1. The molecule has 0 saturated heterocycles. The van der Waals surface area contributed by atoms with Gasteiger partial charge in [-0.05, 0) is 49.1 Å². The number of benzene rings is 2. The first-order valence-electron chi connectivity index (χ1n) is 10.1. The van der Waals surface area contributed by atoms with Crippen LogP contribution in [0.3, 0.4) is 0 Å². The number of unbranched alkanes of at least 4 members (excludes halogenated alkanes) is 2. The van der Waals surface area contributed by atoms with Crippen molar-refractivity contribution in [3.05, 3.63) is 72.3 Å². The van der Waals surface area contributed by atoms with Crippen LogP contribution in [0.4, 0.5) is 0 Å². The molecule has 0 bridgehead atoms. The summed E-state index contributed by atoms with van der Waals surface area (Å²) in [6.45, 7) is 6.36. The van der Waals surface area contributed by atoms with E-state index in [1.165, 1.54) is 24.0 Å². The Balaban J connectivity index is 1.74. The number of amides is 1. The second-order valence-corrected chi connectivity index (χ2v) is 7.38. The van der Waals surface area contributed by atoms with Gasteiger partial charge in [0, 0.05) is 11.7 Å². The lowest BCUT2D eigenvalue weighted by Crippen LogP contribution is -2.33. The molecule has 1 aromatic heterocycles. The quantitative estimate of drug-likeness (QED) is 0.525. The molecule has 28 heavy (non-hydrogen) atoms. The summed E-state index contributed by atoms with van der Waals surface area (Å²) in [7, 11) is 0. The molecule has 4 heteroatoms. The molecule has 3 rings (SSSR count). The van der Waals surface area contributed by atoms with Crippen LogP contribution in [0.2, 0.25) is 0 Å². The van der Waals surface area contributed by atoms with Crippen molar-refractivity contribution in [1.82, 2.24) is 14.9 Å². The van der Waals surface area contributed by atoms with E-state index in [0.29, 0.717) is 5.69 Å². The SMILES string of the molecule is CCCCC[C@@H](C)NC(=O)c1cncn1-c1ccc(-c2ccccc2C)cc1. The van der Waals surface area contributed by atoms with E-state index in [2.05, 4.69) is 61.4 Å². The monoisotopic (exact) mass is 375 g/mol. The van der Waals surface area contributed by atoms with Gasteiger partial charge in [0.1, 0.15) is 5.69 Å². The molecular weight excluding hydrogens is 346 g/mol. The highest BCUT2D eigenvalue weighted by Crippen LogP contribution is 2.24. The zero-order chi connectivity index (χ0) is 19.9.